The summed E-state index contributed by atoms with van der Waals surface area (Å²) >= 11 is 2.03. The van der Waals surface area contributed by atoms with E-state index in [2.05, 4.69) is 4.90 Å². The van der Waals surface area contributed by atoms with E-state index >= 15 is 0 Å². The summed E-state index contributed by atoms with van der Waals surface area (Å²) in [5.41, 5.74) is 6.12. The van der Waals surface area contributed by atoms with Crippen LogP contribution in [0, 0.1) is 0 Å². The van der Waals surface area contributed by atoms with Crippen molar-refractivity contribution >= 4 is 17.7 Å². The van der Waals surface area contributed by atoms with Crippen molar-refractivity contribution in [3.05, 3.63) is 0 Å². The fourth-order valence-corrected chi connectivity index (χ4v) is 3.34. The highest BCUT2D eigenvalue weighted by atomic mass is 32.2. The van der Waals surface area contributed by atoms with Crippen molar-refractivity contribution in [2.75, 3.05) is 24.6 Å². The Bertz CT molecular complexity index is 228. The number of hydrogen-bond donors (Lipinski definition) is 1. The fraction of sp³-hybridized carbons (Fsp3) is 0.917. The van der Waals surface area contributed by atoms with E-state index < -0.39 is 0 Å². The van der Waals surface area contributed by atoms with E-state index in [1.807, 2.05) is 11.8 Å². The smallest absolute Gasteiger partial charge is 0.191 e. The molecule has 2 fully saturated rings. The molecule has 0 aromatic heterocycles. The van der Waals surface area contributed by atoms with E-state index in [0.717, 1.165) is 19.0 Å². The zero-order valence-electron chi connectivity index (χ0n) is 10.0. The van der Waals surface area contributed by atoms with E-state index in [9.17, 15) is 0 Å². The number of thioether (sulfide) groups is 1. The molecule has 1 aliphatic carbocycles. The summed E-state index contributed by atoms with van der Waals surface area (Å²) < 4.78 is 0. The highest BCUT2D eigenvalue weighted by Gasteiger charge is 2.15. The number of guanidine groups is 1. The molecule has 2 N–H and O–H groups in total. The molecule has 0 spiro atoms. The van der Waals surface area contributed by atoms with Crippen LogP contribution in [0.3, 0.4) is 0 Å². The maximum atomic E-state index is 6.12. The Labute approximate surface area is 103 Å². The van der Waals surface area contributed by atoms with Gasteiger partial charge in [-0.15, -0.1) is 0 Å². The van der Waals surface area contributed by atoms with E-state index in [0.29, 0.717) is 6.04 Å². The molecule has 3 nitrogen and oxygen atoms in total. The first-order valence-electron chi connectivity index (χ1n) is 6.52. The minimum absolute atomic E-state index is 0.504. The largest absolute Gasteiger partial charge is 0.370 e. The maximum Gasteiger partial charge on any atom is 0.191 e. The molecule has 1 saturated carbocycles. The Kier molecular flexibility index (Phi) is 4.82. The lowest BCUT2D eigenvalue weighted by molar-refractivity contribution is 0.414. The van der Waals surface area contributed by atoms with Crippen molar-refractivity contribution in [3.63, 3.8) is 0 Å². The molecule has 2 rings (SSSR count). The Morgan fingerprint density at radius 1 is 1.06 bits per heavy atom. The Balaban J connectivity index is 1.87. The Hall–Kier alpha value is -0.380. The third-order valence-electron chi connectivity index (χ3n) is 3.44. The first kappa shape index (κ1) is 12.1. The number of hydrogen-bond acceptors (Lipinski definition) is 2. The van der Waals surface area contributed by atoms with Crippen molar-refractivity contribution in [2.45, 2.75) is 44.6 Å². The van der Waals surface area contributed by atoms with Crippen LogP contribution in [0.2, 0.25) is 0 Å². The summed E-state index contributed by atoms with van der Waals surface area (Å²) in [6.45, 7) is 2.17. The normalized spacial score (nSPS) is 25.5. The molecule has 0 radical (unpaired) electrons. The summed E-state index contributed by atoms with van der Waals surface area (Å²) in [6.07, 6.45) is 7.76. The minimum Gasteiger partial charge on any atom is -0.370 e. The quantitative estimate of drug-likeness (QED) is 0.564. The molecule has 1 saturated heterocycles. The number of nitrogens with two attached hydrogens (primary N) is 1. The average molecular weight is 241 g/mol. The van der Waals surface area contributed by atoms with Crippen LogP contribution in [0.15, 0.2) is 4.99 Å². The molecule has 92 valence electrons. The first-order chi connectivity index (χ1) is 7.86. The van der Waals surface area contributed by atoms with Crippen molar-refractivity contribution in [1.82, 2.24) is 4.90 Å². The SMILES string of the molecule is NC(=NC1CCCCC1)N1CCCSCC1. The topological polar surface area (TPSA) is 41.6 Å². The Morgan fingerprint density at radius 3 is 2.69 bits per heavy atom. The van der Waals surface area contributed by atoms with Crippen LogP contribution in [-0.4, -0.2) is 41.5 Å². The van der Waals surface area contributed by atoms with Crippen LogP contribution in [0.1, 0.15) is 38.5 Å². The van der Waals surface area contributed by atoms with Crippen LogP contribution in [0.4, 0.5) is 0 Å². The highest BCUT2D eigenvalue weighted by molar-refractivity contribution is 7.99. The third-order valence-corrected chi connectivity index (χ3v) is 4.48. The van der Waals surface area contributed by atoms with Gasteiger partial charge < -0.3 is 10.6 Å². The predicted octanol–water partition coefficient (Wildman–Crippen LogP) is 2.07. The molecule has 4 heteroatoms. The second kappa shape index (κ2) is 6.38. The van der Waals surface area contributed by atoms with Crippen LogP contribution in [-0.2, 0) is 0 Å². The van der Waals surface area contributed by atoms with Gasteiger partial charge in [0.25, 0.3) is 0 Å². The predicted molar refractivity (Wildman–Crippen MR) is 72.0 cm³/mol. The van der Waals surface area contributed by atoms with Crippen molar-refractivity contribution in [2.24, 2.45) is 10.7 Å². The molecule has 0 aromatic rings. The molecule has 16 heavy (non-hydrogen) atoms. The van der Waals surface area contributed by atoms with E-state index in [-0.39, 0.29) is 0 Å². The summed E-state index contributed by atoms with van der Waals surface area (Å²) in [5.74, 6) is 3.27. The van der Waals surface area contributed by atoms with Gasteiger partial charge >= 0.3 is 0 Å². The lowest BCUT2D eigenvalue weighted by Gasteiger charge is -2.24. The average Bonchev–Trinajstić information content (AvgIpc) is 2.59. The second-order valence-corrected chi connectivity index (χ2v) is 5.96. The molecule has 0 aromatic carbocycles. The third kappa shape index (κ3) is 3.58. The van der Waals surface area contributed by atoms with Crippen LogP contribution < -0.4 is 5.73 Å². The van der Waals surface area contributed by atoms with Crippen LogP contribution in [0.5, 0.6) is 0 Å². The van der Waals surface area contributed by atoms with Crippen LogP contribution in [0.25, 0.3) is 0 Å². The summed E-state index contributed by atoms with van der Waals surface area (Å²) in [5, 5.41) is 0. The maximum absolute atomic E-state index is 6.12. The van der Waals surface area contributed by atoms with Gasteiger partial charge in [0.1, 0.15) is 0 Å². The molecule has 0 atom stereocenters. The van der Waals surface area contributed by atoms with Gasteiger partial charge in [0.2, 0.25) is 0 Å². The van der Waals surface area contributed by atoms with E-state index in [1.54, 1.807) is 0 Å². The monoisotopic (exact) mass is 241 g/mol. The van der Waals surface area contributed by atoms with Crippen molar-refractivity contribution in [1.29, 1.82) is 0 Å². The van der Waals surface area contributed by atoms with Gasteiger partial charge in [-0.3, -0.25) is 0 Å². The lowest BCUT2D eigenvalue weighted by Crippen LogP contribution is -2.39. The van der Waals surface area contributed by atoms with Crippen LogP contribution >= 0.6 is 11.8 Å². The molecule has 0 unspecified atom stereocenters. The number of aliphatic imine (C=N–C) groups is 1. The minimum atomic E-state index is 0.504. The standard InChI is InChI=1S/C12H23N3S/c13-12(14-11-5-2-1-3-6-11)15-7-4-9-16-10-8-15/h11H,1-10H2,(H2,13,14). The summed E-state index contributed by atoms with van der Waals surface area (Å²) in [7, 11) is 0. The molecule has 0 bridgehead atoms. The van der Waals surface area contributed by atoms with Gasteiger partial charge in [0.15, 0.2) is 5.96 Å². The molecule has 1 aliphatic heterocycles. The van der Waals surface area contributed by atoms with Gasteiger partial charge in [0.05, 0.1) is 6.04 Å². The first-order valence-corrected chi connectivity index (χ1v) is 7.68. The van der Waals surface area contributed by atoms with Crippen molar-refractivity contribution in [3.8, 4) is 0 Å². The van der Waals surface area contributed by atoms with Gasteiger partial charge in [-0.25, -0.2) is 4.99 Å². The Morgan fingerprint density at radius 2 is 1.88 bits per heavy atom. The fourth-order valence-electron chi connectivity index (χ4n) is 2.45. The summed E-state index contributed by atoms with van der Waals surface area (Å²) in [6, 6.07) is 0.504. The number of rotatable bonds is 1. The lowest BCUT2D eigenvalue weighted by atomic mass is 9.96. The van der Waals surface area contributed by atoms with Crippen molar-refractivity contribution < 1.29 is 0 Å². The van der Waals surface area contributed by atoms with Gasteiger partial charge in [0, 0.05) is 18.8 Å². The summed E-state index contributed by atoms with van der Waals surface area (Å²) in [4.78, 5) is 6.98. The molecular weight excluding hydrogens is 218 g/mol. The molecule has 2 aliphatic rings. The van der Waals surface area contributed by atoms with E-state index in [1.165, 1.54) is 50.0 Å². The molecule has 0 amide bonds. The van der Waals surface area contributed by atoms with Gasteiger partial charge in [-0.05, 0) is 25.0 Å². The van der Waals surface area contributed by atoms with Gasteiger partial charge in [-0.1, -0.05) is 19.3 Å². The zero-order valence-corrected chi connectivity index (χ0v) is 10.8. The number of nitrogens with zero attached hydrogens (tertiary/aromatic N) is 2. The zero-order chi connectivity index (χ0) is 11.2. The highest BCUT2D eigenvalue weighted by Crippen LogP contribution is 2.20. The van der Waals surface area contributed by atoms with Gasteiger partial charge in [-0.2, -0.15) is 11.8 Å². The molecule has 1 heterocycles. The van der Waals surface area contributed by atoms with E-state index in [4.69, 9.17) is 10.7 Å². The molecular formula is C12H23N3S. The second-order valence-electron chi connectivity index (χ2n) is 4.73.